The molecule has 6 rings (SSSR count). The number of fused-ring (bicyclic) bond motifs is 2. The van der Waals surface area contributed by atoms with Crippen molar-refractivity contribution in [3.63, 3.8) is 0 Å². The molecule has 48 heavy (non-hydrogen) atoms. The Kier molecular flexibility index (Phi) is 9.28. The van der Waals surface area contributed by atoms with E-state index in [-0.39, 0.29) is 11.8 Å². The maximum atomic E-state index is 13.9. The monoisotopic (exact) mass is 678 g/mol. The second-order valence-corrected chi connectivity index (χ2v) is 12.8. The molecule has 0 aliphatic rings. The minimum atomic E-state index is -0.463. The number of anilines is 2. The lowest BCUT2D eigenvalue weighted by Crippen LogP contribution is -2.13. The Morgan fingerprint density at radius 2 is 0.896 bits per heavy atom. The molecule has 2 amide bonds. The third-order valence-corrected chi connectivity index (χ3v) is 10.4. The van der Waals surface area contributed by atoms with E-state index in [2.05, 4.69) is 10.6 Å². The van der Waals surface area contributed by atoms with Gasteiger partial charge in [0.05, 0.1) is 46.5 Å². The number of carbonyl (C=O) groups is 4. The molecule has 2 aromatic heterocycles. The minimum absolute atomic E-state index is 0.314. The van der Waals surface area contributed by atoms with Gasteiger partial charge in [-0.3, -0.25) is 9.59 Å². The van der Waals surface area contributed by atoms with Crippen LogP contribution in [0.4, 0.5) is 11.4 Å². The van der Waals surface area contributed by atoms with Gasteiger partial charge >= 0.3 is 11.9 Å². The number of hydrogen-bond donors (Lipinski definition) is 2. The summed E-state index contributed by atoms with van der Waals surface area (Å²) in [5.41, 5.74) is 4.51. The highest BCUT2D eigenvalue weighted by Gasteiger charge is 2.26. The van der Waals surface area contributed by atoms with Gasteiger partial charge in [0.2, 0.25) is 0 Å². The largest absolute Gasteiger partial charge is 0.465 e. The lowest BCUT2D eigenvalue weighted by molar-refractivity contribution is 0.0592. The molecule has 0 unspecified atom stereocenters. The maximum absolute atomic E-state index is 13.9. The number of nitrogens with one attached hydrogen (secondary N) is 2. The Labute approximate surface area is 283 Å². The summed E-state index contributed by atoms with van der Waals surface area (Å²) in [4.78, 5) is 51.5. The van der Waals surface area contributed by atoms with Gasteiger partial charge in [-0.2, -0.15) is 0 Å². The SMILES string of the molecule is COC(=O)c1ccc(NC(=O)c2c(SSc3c(C(=O)Nc4ccc(C(=O)OC)cc4)c4ccccc4n3C)n(C)c3ccccc23)cc1. The third kappa shape index (κ3) is 6.15. The van der Waals surface area contributed by atoms with Gasteiger partial charge in [0, 0.05) is 47.3 Å². The second-order valence-electron chi connectivity index (χ2n) is 10.7. The summed E-state index contributed by atoms with van der Waals surface area (Å²) in [6.45, 7) is 0. The van der Waals surface area contributed by atoms with Crippen molar-refractivity contribution in [2.75, 3.05) is 24.9 Å². The van der Waals surface area contributed by atoms with Crippen LogP contribution in [0.2, 0.25) is 0 Å². The van der Waals surface area contributed by atoms with Crippen LogP contribution in [0.25, 0.3) is 21.8 Å². The standard InChI is InChI=1S/C36H30N4O6S2/c1-39-27-11-7-5-9-25(27)29(31(41)37-23-17-13-21(14-18-23)35(43)45-3)33(39)47-48-34-30(26-10-6-8-12-28(26)40(34)2)32(42)38-24-19-15-22(16-20-24)36(44)46-4/h5-20H,1-4H3,(H,37,41)(H,38,42). The van der Waals surface area contributed by atoms with E-state index in [4.69, 9.17) is 9.47 Å². The molecule has 0 spiro atoms. The molecule has 0 atom stereocenters. The van der Waals surface area contributed by atoms with Crippen LogP contribution in [-0.4, -0.2) is 47.1 Å². The maximum Gasteiger partial charge on any atom is 0.337 e. The Bertz CT molecular complexity index is 2050. The van der Waals surface area contributed by atoms with Crippen LogP contribution in [0.1, 0.15) is 41.4 Å². The van der Waals surface area contributed by atoms with E-state index in [0.717, 1.165) is 21.8 Å². The fourth-order valence-electron chi connectivity index (χ4n) is 5.45. The van der Waals surface area contributed by atoms with E-state index in [9.17, 15) is 19.2 Å². The Balaban J connectivity index is 1.33. The van der Waals surface area contributed by atoms with Crippen LogP contribution >= 0.6 is 21.6 Å². The quantitative estimate of drug-likeness (QED) is 0.119. The zero-order chi connectivity index (χ0) is 33.9. The number of benzene rings is 4. The first kappa shape index (κ1) is 32.5. The fraction of sp³-hybridized carbons (Fsp3) is 0.111. The van der Waals surface area contributed by atoms with Crippen LogP contribution in [0, 0.1) is 0 Å². The Morgan fingerprint density at radius 1 is 0.542 bits per heavy atom. The normalized spacial score (nSPS) is 11.0. The number of aryl methyl sites for hydroxylation is 2. The molecule has 4 aromatic carbocycles. The molecule has 0 aliphatic carbocycles. The number of nitrogens with zero attached hydrogens (tertiary/aromatic N) is 2. The number of carbonyl (C=O) groups excluding carboxylic acids is 4. The van der Waals surface area contributed by atoms with Gasteiger partial charge in [0.25, 0.3) is 11.8 Å². The van der Waals surface area contributed by atoms with Crippen molar-refractivity contribution in [1.29, 1.82) is 0 Å². The number of esters is 2. The summed E-state index contributed by atoms with van der Waals surface area (Å²) in [6.07, 6.45) is 0. The topological polar surface area (TPSA) is 121 Å². The van der Waals surface area contributed by atoms with Gasteiger partial charge < -0.3 is 29.2 Å². The molecule has 0 aliphatic heterocycles. The van der Waals surface area contributed by atoms with Gasteiger partial charge in [-0.1, -0.05) is 36.4 Å². The van der Waals surface area contributed by atoms with Gasteiger partial charge in [-0.05, 0) is 82.3 Å². The van der Waals surface area contributed by atoms with Gasteiger partial charge in [0.1, 0.15) is 0 Å². The zero-order valence-corrected chi connectivity index (χ0v) is 28.0. The highest BCUT2D eigenvalue weighted by Crippen LogP contribution is 2.46. The van der Waals surface area contributed by atoms with E-state index in [1.54, 1.807) is 48.5 Å². The number of hydrogen-bond acceptors (Lipinski definition) is 8. The van der Waals surface area contributed by atoms with Crippen molar-refractivity contribution in [1.82, 2.24) is 9.13 Å². The van der Waals surface area contributed by atoms with Crippen molar-refractivity contribution >= 4 is 78.5 Å². The van der Waals surface area contributed by atoms with Crippen molar-refractivity contribution in [2.24, 2.45) is 14.1 Å². The average molecular weight is 679 g/mol. The van der Waals surface area contributed by atoms with Crippen LogP contribution in [0.5, 0.6) is 0 Å². The smallest absolute Gasteiger partial charge is 0.337 e. The Morgan fingerprint density at radius 3 is 1.25 bits per heavy atom. The number of rotatable bonds is 9. The summed E-state index contributed by atoms with van der Waals surface area (Å²) in [7, 11) is 9.20. The molecule has 0 bridgehead atoms. The zero-order valence-electron chi connectivity index (χ0n) is 26.4. The van der Waals surface area contributed by atoms with Crippen molar-refractivity contribution in [3.05, 3.63) is 119 Å². The average Bonchev–Trinajstić information content (AvgIpc) is 3.56. The predicted octanol–water partition coefficient (Wildman–Crippen LogP) is 7.55. The molecule has 2 N–H and O–H groups in total. The lowest BCUT2D eigenvalue weighted by atomic mass is 10.1. The number of methoxy groups -OCH3 is 2. The predicted molar refractivity (Wildman–Crippen MR) is 189 cm³/mol. The molecule has 0 saturated carbocycles. The van der Waals surface area contributed by atoms with E-state index in [1.165, 1.54) is 35.8 Å². The number of amides is 2. The van der Waals surface area contributed by atoms with E-state index < -0.39 is 11.9 Å². The Hall–Kier alpha value is -5.46. The van der Waals surface area contributed by atoms with Crippen LogP contribution in [0.15, 0.2) is 107 Å². The van der Waals surface area contributed by atoms with E-state index in [0.29, 0.717) is 43.7 Å². The highest BCUT2D eigenvalue weighted by atomic mass is 33.1. The van der Waals surface area contributed by atoms with Crippen LogP contribution < -0.4 is 10.6 Å². The van der Waals surface area contributed by atoms with Crippen molar-refractivity contribution < 1.29 is 28.7 Å². The summed E-state index contributed by atoms with van der Waals surface area (Å²) in [6, 6.07) is 28.3. The first-order chi connectivity index (χ1) is 23.2. The first-order valence-electron chi connectivity index (χ1n) is 14.7. The molecule has 242 valence electrons. The van der Waals surface area contributed by atoms with E-state index in [1.807, 2.05) is 71.8 Å². The molecule has 12 heteroatoms. The number of aromatic nitrogens is 2. The highest BCUT2D eigenvalue weighted by molar-refractivity contribution is 8.76. The molecule has 0 radical (unpaired) electrons. The molecular weight excluding hydrogens is 649 g/mol. The first-order valence-corrected chi connectivity index (χ1v) is 16.9. The molecule has 2 heterocycles. The number of para-hydroxylation sites is 2. The van der Waals surface area contributed by atoms with Crippen LogP contribution in [0.3, 0.4) is 0 Å². The van der Waals surface area contributed by atoms with E-state index >= 15 is 0 Å². The molecule has 10 nitrogen and oxygen atoms in total. The number of ether oxygens (including phenoxy) is 2. The molecular formula is C36H30N4O6S2. The molecule has 0 fully saturated rings. The van der Waals surface area contributed by atoms with Crippen molar-refractivity contribution in [2.45, 2.75) is 10.1 Å². The lowest BCUT2D eigenvalue weighted by Gasteiger charge is -2.11. The summed E-state index contributed by atoms with van der Waals surface area (Å²) < 4.78 is 13.5. The second kappa shape index (κ2) is 13.7. The summed E-state index contributed by atoms with van der Waals surface area (Å²) in [5.74, 6) is -1.55. The van der Waals surface area contributed by atoms with Gasteiger partial charge in [-0.25, -0.2) is 9.59 Å². The van der Waals surface area contributed by atoms with Gasteiger partial charge in [-0.15, -0.1) is 0 Å². The summed E-state index contributed by atoms with van der Waals surface area (Å²) >= 11 is 0. The van der Waals surface area contributed by atoms with Gasteiger partial charge in [0.15, 0.2) is 0 Å². The molecule has 0 saturated heterocycles. The fourth-order valence-corrected chi connectivity index (χ4v) is 8.25. The molecule has 6 aromatic rings. The van der Waals surface area contributed by atoms with Crippen LogP contribution in [-0.2, 0) is 23.6 Å². The minimum Gasteiger partial charge on any atom is -0.465 e. The third-order valence-electron chi connectivity index (χ3n) is 7.89. The summed E-state index contributed by atoms with van der Waals surface area (Å²) in [5, 5.41) is 8.87. The van der Waals surface area contributed by atoms with Crippen molar-refractivity contribution in [3.8, 4) is 0 Å².